The van der Waals surface area contributed by atoms with Crippen molar-refractivity contribution >= 4 is 28.7 Å². The Morgan fingerprint density at radius 1 is 1.19 bits per heavy atom. The zero-order valence-electron chi connectivity index (χ0n) is 14.6. The maximum Gasteiger partial charge on any atom is 0.257 e. The second kappa shape index (κ2) is 7.60. The number of aliphatic imine (C=N–C) groups is 1. The molecule has 0 atom stereocenters. The molecule has 0 aliphatic rings. The lowest BCUT2D eigenvalue weighted by atomic mass is 10.2. The molecule has 3 aromatic rings. The summed E-state index contributed by atoms with van der Waals surface area (Å²) in [4.78, 5) is 24.9. The van der Waals surface area contributed by atoms with Crippen molar-refractivity contribution in [2.75, 3.05) is 6.61 Å². The Morgan fingerprint density at radius 3 is 2.69 bits per heavy atom. The fourth-order valence-corrected chi connectivity index (χ4v) is 2.47. The predicted octanol–water partition coefficient (Wildman–Crippen LogP) is 2.71. The predicted molar refractivity (Wildman–Crippen MR) is 101 cm³/mol. The summed E-state index contributed by atoms with van der Waals surface area (Å²) in [5.41, 5.74) is 7.78. The van der Waals surface area contributed by atoms with E-state index in [-0.39, 0.29) is 17.8 Å². The summed E-state index contributed by atoms with van der Waals surface area (Å²) >= 11 is 0. The summed E-state index contributed by atoms with van der Waals surface area (Å²) in [5, 5.41) is 3.40. The molecule has 0 bridgehead atoms. The number of aromatic nitrogens is 2. The molecule has 0 unspecified atom stereocenters. The van der Waals surface area contributed by atoms with E-state index in [1.807, 2.05) is 38.1 Å². The zero-order chi connectivity index (χ0) is 18.5. The Hall–Kier alpha value is -3.48. The average molecular weight is 349 g/mol. The SMILES string of the molecule is CCOc1ccc2nc(N=C(N)NC(=O)c3ccccc3)nc(C)c2c1. The molecule has 0 aliphatic heterocycles. The van der Waals surface area contributed by atoms with Crippen LogP contribution in [0.5, 0.6) is 5.75 Å². The van der Waals surface area contributed by atoms with Crippen molar-refractivity contribution < 1.29 is 9.53 Å². The number of hydrogen-bond donors (Lipinski definition) is 2. The Morgan fingerprint density at radius 2 is 1.96 bits per heavy atom. The summed E-state index contributed by atoms with van der Waals surface area (Å²) in [6.45, 7) is 4.38. The smallest absolute Gasteiger partial charge is 0.257 e. The summed E-state index contributed by atoms with van der Waals surface area (Å²) < 4.78 is 5.50. The molecule has 0 radical (unpaired) electrons. The maximum absolute atomic E-state index is 12.1. The number of carbonyl (C=O) groups is 1. The number of guanidine groups is 1. The van der Waals surface area contributed by atoms with Gasteiger partial charge in [-0.3, -0.25) is 10.1 Å². The number of hydrogen-bond acceptors (Lipinski definition) is 5. The van der Waals surface area contributed by atoms with Gasteiger partial charge in [0.1, 0.15) is 5.75 Å². The van der Waals surface area contributed by atoms with Gasteiger partial charge in [0.15, 0.2) is 0 Å². The van der Waals surface area contributed by atoms with Crippen LogP contribution in [0.15, 0.2) is 53.5 Å². The highest BCUT2D eigenvalue weighted by atomic mass is 16.5. The molecule has 3 N–H and O–H groups in total. The number of nitrogens with one attached hydrogen (secondary N) is 1. The number of aryl methyl sites for hydroxylation is 1. The van der Waals surface area contributed by atoms with E-state index in [9.17, 15) is 4.79 Å². The van der Waals surface area contributed by atoms with Gasteiger partial charge in [-0.05, 0) is 44.2 Å². The molecule has 0 fully saturated rings. The molecule has 0 spiro atoms. The van der Waals surface area contributed by atoms with E-state index < -0.39 is 0 Å². The molecule has 132 valence electrons. The summed E-state index contributed by atoms with van der Waals surface area (Å²) in [6, 6.07) is 14.3. The molecule has 0 aliphatic carbocycles. The van der Waals surface area contributed by atoms with Crippen LogP contribution in [-0.4, -0.2) is 28.4 Å². The number of amides is 1. The summed E-state index contributed by atoms with van der Waals surface area (Å²) in [7, 11) is 0. The molecule has 7 heteroatoms. The molecule has 1 aromatic heterocycles. The molecule has 3 rings (SSSR count). The number of nitrogens with zero attached hydrogens (tertiary/aromatic N) is 3. The first-order chi connectivity index (χ1) is 12.6. The standard InChI is InChI=1S/C19H19N5O2/c1-3-26-14-9-10-16-15(11-14)12(2)21-19(22-16)24-18(20)23-17(25)13-7-5-4-6-8-13/h4-11H,3H2,1-2H3,(H3,20,21,22,23,24,25). The van der Waals surface area contributed by atoms with Crippen molar-refractivity contribution in [2.24, 2.45) is 10.7 Å². The van der Waals surface area contributed by atoms with Gasteiger partial charge in [0.05, 0.1) is 17.8 Å². The van der Waals surface area contributed by atoms with E-state index in [2.05, 4.69) is 20.3 Å². The number of carbonyl (C=O) groups excluding carboxylic acids is 1. The third kappa shape index (κ3) is 3.94. The van der Waals surface area contributed by atoms with Crippen molar-refractivity contribution in [3.8, 4) is 5.75 Å². The van der Waals surface area contributed by atoms with E-state index >= 15 is 0 Å². The monoisotopic (exact) mass is 349 g/mol. The van der Waals surface area contributed by atoms with Gasteiger partial charge in [0.2, 0.25) is 5.96 Å². The first-order valence-corrected chi connectivity index (χ1v) is 8.18. The van der Waals surface area contributed by atoms with Crippen LogP contribution in [-0.2, 0) is 0 Å². The fraction of sp³-hybridized carbons (Fsp3) is 0.158. The van der Waals surface area contributed by atoms with Gasteiger partial charge in [-0.1, -0.05) is 18.2 Å². The molecule has 0 saturated heterocycles. The molecule has 0 saturated carbocycles. The molecule has 1 heterocycles. The van der Waals surface area contributed by atoms with Crippen LogP contribution in [0.3, 0.4) is 0 Å². The minimum absolute atomic E-state index is 0.0662. The molecule has 7 nitrogen and oxygen atoms in total. The number of nitrogens with two attached hydrogens (primary N) is 1. The minimum atomic E-state index is -0.342. The number of ether oxygens (including phenoxy) is 1. The maximum atomic E-state index is 12.1. The third-order valence-corrected chi connectivity index (χ3v) is 3.65. The third-order valence-electron chi connectivity index (χ3n) is 3.65. The van der Waals surface area contributed by atoms with Crippen LogP contribution in [0.4, 0.5) is 5.95 Å². The summed E-state index contributed by atoms with van der Waals surface area (Å²) in [5.74, 6) is 0.539. The van der Waals surface area contributed by atoms with E-state index in [4.69, 9.17) is 10.5 Å². The van der Waals surface area contributed by atoms with E-state index in [1.165, 1.54) is 0 Å². The molecular formula is C19H19N5O2. The molecule has 1 amide bonds. The molecule has 2 aromatic carbocycles. The average Bonchev–Trinajstić information content (AvgIpc) is 2.63. The highest BCUT2D eigenvalue weighted by molar-refractivity contribution is 6.05. The van der Waals surface area contributed by atoms with Gasteiger partial charge in [-0.2, -0.15) is 4.99 Å². The van der Waals surface area contributed by atoms with E-state index in [0.717, 1.165) is 22.3 Å². The van der Waals surface area contributed by atoms with Crippen LogP contribution >= 0.6 is 0 Å². The van der Waals surface area contributed by atoms with Gasteiger partial charge >= 0.3 is 0 Å². The lowest BCUT2D eigenvalue weighted by molar-refractivity contribution is 0.0976. The van der Waals surface area contributed by atoms with Crippen LogP contribution in [0.2, 0.25) is 0 Å². The van der Waals surface area contributed by atoms with Crippen LogP contribution in [0, 0.1) is 6.92 Å². The van der Waals surface area contributed by atoms with Crippen molar-refractivity contribution in [3.63, 3.8) is 0 Å². The Kier molecular flexibility index (Phi) is 5.07. The van der Waals surface area contributed by atoms with Crippen molar-refractivity contribution in [3.05, 3.63) is 59.8 Å². The highest BCUT2D eigenvalue weighted by Crippen LogP contribution is 2.23. The van der Waals surface area contributed by atoms with Crippen molar-refractivity contribution in [1.29, 1.82) is 0 Å². The highest BCUT2D eigenvalue weighted by Gasteiger charge is 2.09. The Balaban J connectivity index is 1.84. The Bertz CT molecular complexity index is 970. The topological polar surface area (TPSA) is 102 Å². The van der Waals surface area contributed by atoms with Crippen LogP contribution < -0.4 is 15.8 Å². The van der Waals surface area contributed by atoms with Gasteiger partial charge in [0, 0.05) is 10.9 Å². The van der Waals surface area contributed by atoms with Crippen LogP contribution in [0.25, 0.3) is 10.9 Å². The van der Waals surface area contributed by atoms with E-state index in [0.29, 0.717) is 12.2 Å². The van der Waals surface area contributed by atoms with Crippen molar-refractivity contribution in [1.82, 2.24) is 15.3 Å². The van der Waals surface area contributed by atoms with E-state index in [1.54, 1.807) is 24.3 Å². The second-order valence-electron chi connectivity index (χ2n) is 5.54. The number of rotatable bonds is 4. The van der Waals surface area contributed by atoms with Gasteiger partial charge in [-0.15, -0.1) is 0 Å². The number of fused-ring (bicyclic) bond motifs is 1. The van der Waals surface area contributed by atoms with Gasteiger partial charge in [-0.25, -0.2) is 9.97 Å². The minimum Gasteiger partial charge on any atom is -0.494 e. The van der Waals surface area contributed by atoms with Gasteiger partial charge < -0.3 is 10.5 Å². The lowest BCUT2D eigenvalue weighted by Crippen LogP contribution is -2.36. The quantitative estimate of drug-likeness (QED) is 0.557. The number of benzene rings is 2. The van der Waals surface area contributed by atoms with Crippen molar-refractivity contribution in [2.45, 2.75) is 13.8 Å². The first-order valence-electron chi connectivity index (χ1n) is 8.18. The zero-order valence-corrected chi connectivity index (χ0v) is 14.6. The lowest BCUT2D eigenvalue weighted by Gasteiger charge is -2.07. The first kappa shape index (κ1) is 17.3. The Labute approximate surface area is 150 Å². The normalized spacial score (nSPS) is 11.4. The molecular weight excluding hydrogens is 330 g/mol. The van der Waals surface area contributed by atoms with Crippen LogP contribution in [0.1, 0.15) is 23.0 Å². The largest absolute Gasteiger partial charge is 0.494 e. The second-order valence-corrected chi connectivity index (χ2v) is 5.54. The van der Waals surface area contributed by atoms with Gasteiger partial charge in [0.25, 0.3) is 11.9 Å². The summed E-state index contributed by atoms with van der Waals surface area (Å²) in [6.07, 6.45) is 0. The fourth-order valence-electron chi connectivity index (χ4n) is 2.47. The molecule has 26 heavy (non-hydrogen) atoms.